The minimum atomic E-state index is -0.431. The van der Waals surface area contributed by atoms with Gasteiger partial charge < -0.3 is 4.74 Å². The van der Waals surface area contributed by atoms with E-state index in [2.05, 4.69) is 5.18 Å². The van der Waals surface area contributed by atoms with Gasteiger partial charge in [-0.15, -0.1) is 4.91 Å². The summed E-state index contributed by atoms with van der Waals surface area (Å²) in [6, 6.07) is 0. The van der Waals surface area contributed by atoms with Crippen LogP contribution in [0.5, 0.6) is 0 Å². The fraction of sp³-hybridized carbons (Fsp3) is 0.600. The molecule has 44 valence electrons. The van der Waals surface area contributed by atoms with Gasteiger partial charge in [-0.2, -0.15) is 0 Å². The van der Waals surface area contributed by atoms with Gasteiger partial charge in [0, 0.05) is 6.42 Å². The first kappa shape index (κ1) is 5.44. The molecule has 1 atom stereocenters. The minimum absolute atomic E-state index is 0.431. The lowest BCUT2D eigenvalue weighted by atomic mass is 10.3. The molecular weight excluding hydrogens is 106 g/mol. The summed E-state index contributed by atoms with van der Waals surface area (Å²) < 4.78 is 4.86. The van der Waals surface area contributed by atoms with Gasteiger partial charge in [-0.1, -0.05) is 12.2 Å². The molecule has 0 aromatic carbocycles. The first-order valence-electron chi connectivity index (χ1n) is 2.52. The summed E-state index contributed by atoms with van der Waals surface area (Å²) >= 11 is 0. The molecule has 1 aliphatic rings. The van der Waals surface area contributed by atoms with Gasteiger partial charge >= 0.3 is 0 Å². The zero-order valence-corrected chi connectivity index (χ0v) is 4.41. The van der Waals surface area contributed by atoms with E-state index in [-0.39, 0.29) is 0 Å². The Hall–Kier alpha value is -0.700. The highest BCUT2D eigenvalue weighted by Crippen LogP contribution is 2.05. The van der Waals surface area contributed by atoms with Crippen LogP contribution in [0.4, 0.5) is 0 Å². The van der Waals surface area contributed by atoms with Gasteiger partial charge in [0.2, 0.25) is 0 Å². The summed E-state index contributed by atoms with van der Waals surface area (Å²) in [6.07, 6.45) is 3.97. The number of hydrogen-bond donors (Lipinski definition) is 0. The third kappa shape index (κ3) is 1.13. The quantitative estimate of drug-likeness (QED) is 0.376. The SMILES string of the molecule is O=NC1CC=CCO1. The van der Waals surface area contributed by atoms with Crippen molar-refractivity contribution in [3.63, 3.8) is 0 Å². The number of nitroso groups, excluding NO2 is 1. The molecule has 1 heterocycles. The molecule has 0 aromatic heterocycles. The molecule has 0 spiro atoms. The largest absolute Gasteiger partial charge is 0.349 e. The Morgan fingerprint density at radius 3 is 2.88 bits per heavy atom. The third-order valence-electron chi connectivity index (χ3n) is 1.01. The van der Waals surface area contributed by atoms with Crippen LogP contribution in [-0.2, 0) is 4.74 Å². The number of ether oxygens (including phenoxy) is 1. The molecule has 0 aromatic rings. The molecule has 1 unspecified atom stereocenters. The second-order valence-corrected chi connectivity index (χ2v) is 1.60. The van der Waals surface area contributed by atoms with Gasteiger partial charge in [0.05, 0.1) is 6.61 Å². The first-order chi connectivity index (χ1) is 3.93. The Labute approximate surface area is 47.3 Å². The molecule has 0 fully saturated rings. The van der Waals surface area contributed by atoms with Crippen LogP contribution in [0.3, 0.4) is 0 Å². The molecule has 3 heteroatoms. The van der Waals surface area contributed by atoms with Crippen molar-refractivity contribution < 1.29 is 4.74 Å². The average molecular weight is 113 g/mol. The molecule has 0 saturated carbocycles. The van der Waals surface area contributed by atoms with Crippen LogP contribution in [0.2, 0.25) is 0 Å². The molecule has 0 aliphatic carbocycles. The van der Waals surface area contributed by atoms with E-state index in [4.69, 9.17) is 4.74 Å². The highest BCUT2D eigenvalue weighted by Gasteiger charge is 2.07. The van der Waals surface area contributed by atoms with Gasteiger partial charge in [-0.25, -0.2) is 0 Å². The molecule has 0 amide bonds. The second-order valence-electron chi connectivity index (χ2n) is 1.60. The molecule has 0 bridgehead atoms. The van der Waals surface area contributed by atoms with E-state index >= 15 is 0 Å². The Balaban J connectivity index is 2.37. The van der Waals surface area contributed by atoms with Crippen molar-refractivity contribution in [2.45, 2.75) is 12.6 Å². The summed E-state index contributed by atoms with van der Waals surface area (Å²) in [6.45, 7) is 0.524. The van der Waals surface area contributed by atoms with E-state index in [0.29, 0.717) is 13.0 Å². The summed E-state index contributed by atoms with van der Waals surface area (Å²) in [4.78, 5) is 9.75. The van der Waals surface area contributed by atoms with Crippen LogP contribution in [0, 0.1) is 4.91 Å². The normalized spacial score (nSPS) is 27.8. The van der Waals surface area contributed by atoms with Gasteiger partial charge in [0.1, 0.15) is 0 Å². The Morgan fingerprint density at radius 1 is 1.62 bits per heavy atom. The van der Waals surface area contributed by atoms with Crippen molar-refractivity contribution in [1.82, 2.24) is 0 Å². The maximum atomic E-state index is 9.75. The predicted molar refractivity (Wildman–Crippen MR) is 29.3 cm³/mol. The van der Waals surface area contributed by atoms with Gasteiger partial charge in [0.25, 0.3) is 0 Å². The highest BCUT2D eigenvalue weighted by molar-refractivity contribution is 4.87. The van der Waals surface area contributed by atoms with E-state index in [1.165, 1.54) is 0 Å². The lowest BCUT2D eigenvalue weighted by Crippen LogP contribution is -2.11. The van der Waals surface area contributed by atoms with Gasteiger partial charge in [-0.05, 0) is 5.18 Å². The van der Waals surface area contributed by atoms with Crippen LogP contribution in [0.25, 0.3) is 0 Å². The minimum Gasteiger partial charge on any atom is -0.349 e. The smallest absolute Gasteiger partial charge is 0.193 e. The van der Waals surface area contributed by atoms with Crippen LogP contribution >= 0.6 is 0 Å². The molecule has 8 heavy (non-hydrogen) atoms. The lowest BCUT2D eigenvalue weighted by Gasteiger charge is -2.09. The van der Waals surface area contributed by atoms with E-state index in [0.717, 1.165) is 0 Å². The van der Waals surface area contributed by atoms with E-state index in [9.17, 15) is 4.91 Å². The van der Waals surface area contributed by atoms with Crippen molar-refractivity contribution in [1.29, 1.82) is 0 Å². The number of nitrogens with zero attached hydrogens (tertiary/aromatic N) is 1. The molecule has 1 rings (SSSR count). The third-order valence-corrected chi connectivity index (χ3v) is 1.01. The van der Waals surface area contributed by atoms with Crippen LogP contribution in [0.1, 0.15) is 6.42 Å². The zero-order chi connectivity index (χ0) is 5.82. The molecule has 0 radical (unpaired) electrons. The second kappa shape index (κ2) is 2.57. The van der Waals surface area contributed by atoms with Crippen molar-refractivity contribution in [3.8, 4) is 0 Å². The fourth-order valence-electron chi connectivity index (χ4n) is 0.589. The monoisotopic (exact) mass is 113 g/mol. The standard InChI is InChI=1S/C5H7NO2/c7-6-5-3-1-2-4-8-5/h1-2,5H,3-4H2. The molecule has 3 nitrogen and oxygen atoms in total. The molecule has 1 aliphatic heterocycles. The Bertz CT molecular complexity index is 111. The molecule has 0 saturated heterocycles. The average Bonchev–Trinajstić information content (AvgIpc) is 1.90. The van der Waals surface area contributed by atoms with E-state index < -0.39 is 6.23 Å². The predicted octanol–water partition coefficient (Wildman–Crippen LogP) is 1.06. The summed E-state index contributed by atoms with van der Waals surface area (Å²) in [5.74, 6) is 0. The van der Waals surface area contributed by atoms with Gasteiger partial charge in [0.15, 0.2) is 6.23 Å². The maximum absolute atomic E-state index is 9.75. The highest BCUT2D eigenvalue weighted by atomic mass is 16.5. The van der Waals surface area contributed by atoms with Crippen molar-refractivity contribution in [2.75, 3.05) is 6.61 Å². The lowest BCUT2D eigenvalue weighted by molar-refractivity contribution is 0.0737. The van der Waals surface area contributed by atoms with Crippen molar-refractivity contribution in [2.24, 2.45) is 5.18 Å². The Kier molecular flexibility index (Phi) is 1.75. The zero-order valence-electron chi connectivity index (χ0n) is 4.41. The van der Waals surface area contributed by atoms with Crippen LogP contribution in [-0.4, -0.2) is 12.8 Å². The summed E-state index contributed by atoms with van der Waals surface area (Å²) in [5.41, 5.74) is 0. The number of hydrogen-bond acceptors (Lipinski definition) is 3. The first-order valence-corrected chi connectivity index (χ1v) is 2.52. The summed E-state index contributed by atoms with van der Waals surface area (Å²) in [7, 11) is 0. The fourth-order valence-corrected chi connectivity index (χ4v) is 0.589. The van der Waals surface area contributed by atoms with Gasteiger partial charge in [-0.3, -0.25) is 0 Å². The van der Waals surface area contributed by atoms with Crippen LogP contribution < -0.4 is 0 Å². The van der Waals surface area contributed by atoms with E-state index in [1.807, 2.05) is 12.2 Å². The Morgan fingerprint density at radius 2 is 2.50 bits per heavy atom. The topological polar surface area (TPSA) is 38.7 Å². The van der Waals surface area contributed by atoms with Crippen LogP contribution in [0.15, 0.2) is 17.3 Å². The van der Waals surface area contributed by atoms with Crippen molar-refractivity contribution >= 4 is 0 Å². The number of rotatable bonds is 1. The van der Waals surface area contributed by atoms with E-state index in [1.54, 1.807) is 0 Å². The van der Waals surface area contributed by atoms with Crippen molar-refractivity contribution in [3.05, 3.63) is 17.1 Å². The molecular formula is C5H7NO2. The molecule has 0 N–H and O–H groups in total. The maximum Gasteiger partial charge on any atom is 0.193 e. The summed E-state index contributed by atoms with van der Waals surface area (Å²) in [5, 5.41) is 2.72.